The Morgan fingerprint density at radius 2 is 1.57 bits per heavy atom. The summed E-state index contributed by atoms with van der Waals surface area (Å²) in [6.07, 6.45) is 5.70. The number of nitrogens with one attached hydrogen (secondary N) is 1. The maximum Gasteiger partial charge on any atom is 0.264 e. The molecule has 224 valence electrons. The molecule has 1 N–H and O–H groups in total. The number of aryl methyl sites for hydroxylation is 1. The van der Waals surface area contributed by atoms with E-state index >= 15 is 0 Å². The van der Waals surface area contributed by atoms with Crippen molar-refractivity contribution >= 4 is 27.5 Å². The zero-order valence-electron chi connectivity index (χ0n) is 24.7. The van der Waals surface area contributed by atoms with Gasteiger partial charge in [0, 0.05) is 12.6 Å². The van der Waals surface area contributed by atoms with Crippen molar-refractivity contribution in [3.8, 4) is 5.75 Å². The van der Waals surface area contributed by atoms with E-state index in [4.69, 9.17) is 4.74 Å². The number of hydrogen-bond donors (Lipinski definition) is 1. The molecule has 0 bridgehead atoms. The van der Waals surface area contributed by atoms with Gasteiger partial charge in [-0.15, -0.1) is 0 Å². The summed E-state index contributed by atoms with van der Waals surface area (Å²) in [5, 5.41) is 3.13. The minimum Gasteiger partial charge on any atom is -0.497 e. The Kier molecular flexibility index (Phi) is 10.6. The lowest BCUT2D eigenvalue weighted by atomic mass is 9.95. The van der Waals surface area contributed by atoms with Crippen LogP contribution in [0.25, 0.3) is 0 Å². The van der Waals surface area contributed by atoms with Gasteiger partial charge in [0.05, 0.1) is 17.7 Å². The molecule has 1 atom stereocenters. The van der Waals surface area contributed by atoms with Crippen LogP contribution in [0.5, 0.6) is 5.75 Å². The van der Waals surface area contributed by atoms with Crippen LogP contribution in [0.3, 0.4) is 0 Å². The number of carbonyl (C=O) groups is 2. The first-order chi connectivity index (χ1) is 20.2. The molecule has 4 rings (SSSR count). The lowest BCUT2D eigenvalue weighted by molar-refractivity contribution is -0.139. The standard InChI is InChI=1S/C33H41N3O5S/c1-25-14-16-29(17-15-25)36(42(39,40)31-20-18-30(41-3)19-21-31)24-32(37)35(23-22-27-10-6-4-7-11-27)26(2)33(38)34-28-12-8-5-9-13-28/h4,6-7,10-11,14-21,26,28H,5,8-9,12-13,22-24H2,1-3H3,(H,34,38)/t26-/m1/s1. The number of sulfonamides is 1. The van der Waals surface area contributed by atoms with Gasteiger partial charge in [-0.25, -0.2) is 8.42 Å². The Labute approximate surface area is 249 Å². The van der Waals surface area contributed by atoms with Crippen LogP contribution in [0.1, 0.15) is 50.2 Å². The molecule has 0 aromatic heterocycles. The average Bonchev–Trinajstić information content (AvgIpc) is 3.01. The predicted octanol–water partition coefficient (Wildman–Crippen LogP) is 5.11. The lowest BCUT2D eigenvalue weighted by Crippen LogP contribution is -2.53. The van der Waals surface area contributed by atoms with Gasteiger partial charge in [0.1, 0.15) is 18.3 Å². The van der Waals surface area contributed by atoms with E-state index in [1.807, 2.05) is 49.4 Å². The Balaban J connectivity index is 1.63. The zero-order chi connectivity index (χ0) is 30.1. The van der Waals surface area contributed by atoms with Gasteiger partial charge in [-0.3, -0.25) is 13.9 Å². The highest BCUT2D eigenvalue weighted by Gasteiger charge is 2.33. The van der Waals surface area contributed by atoms with Crippen LogP contribution >= 0.6 is 0 Å². The topological polar surface area (TPSA) is 96.0 Å². The van der Waals surface area contributed by atoms with Crippen molar-refractivity contribution in [1.29, 1.82) is 0 Å². The van der Waals surface area contributed by atoms with Crippen LogP contribution < -0.4 is 14.4 Å². The molecule has 0 saturated heterocycles. The third-order valence-corrected chi connectivity index (χ3v) is 9.64. The monoisotopic (exact) mass is 591 g/mol. The smallest absolute Gasteiger partial charge is 0.264 e. The molecule has 1 fully saturated rings. The third-order valence-electron chi connectivity index (χ3n) is 7.85. The van der Waals surface area contributed by atoms with Gasteiger partial charge in [0.25, 0.3) is 10.0 Å². The molecular formula is C33H41N3O5S. The van der Waals surface area contributed by atoms with Crippen molar-refractivity contribution in [3.05, 3.63) is 90.0 Å². The second kappa shape index (κ2) is 14.4. The van der Waals surface area contributed by atoms with Crippen molar-refractivity contribution in [3.63, 3.8) is 0 Å². The summed E-state index contributed by atoms with van der Waals surface area (Å²) >= 11 is 0. The van der Waals surface area contributed by atoms with Gasteiger partial charge in [0.15, 0.2) is 0 Å². The minimum absolute atomic E-state index is 0.0376. The van der Waals surface area contributed by atoms with E-state index in [-0.39, 0.29) is 23.4 Å². The normalized spacial score (nSPS) is 14.5. The molecule has 0 spiro atoms. The van der Waals surface area contributed by atoms with E-state index in [9.17, 15) is 18.0 Å². The summed E-state index contributed by atoms with van der Waals surface area (Å²) in [5.41, 5.74) is 2.35. The van der Waals surface area contributed by atoms with Gasteiger partial charge in [0.2, 0.25) is 11.8 Å². The van der Waals surface area contributed by atoms with Crippen molar-refractivity contribution in [1.82, 2.24) is 10.2 Å². The molecule has 0 aliphatic heterocycles. The Morgan fingerprint density at radius 3 is 2.19 bits per heavy atom. The fourth-order valence-electron chi connectivity index (χ4n) is 5.25. The van der Waals surface area contributed by atoms with Crippen molar-refractivity contribution in [2.45, 2.75) is 69.4 Å². The van der Waals surface area contributed by atoms with Crippen LogP contribution in [0.2, 0.25) is 0 Å². The van der Waals surface area contributed by atoms with Crippen molar-refractivity contribution in [2.75, 3.05) is 24.5 Å². The van der Waals surface area contributed by atoms with Gasteiger partial charge in [-0.1, -0.05) is 67.3 Å². The number of methoxy groups -OCH3 is 1. The summed E-state index contributed by atoms with van der Waals surface area (Å²) in [5.74, 6) is -0.144. The summed E-state index contributed by atoms with van der Waals surface area (Å²) < 4.78 is 34.2. The van der Waals surface area contributed by atoms with E-state index in [1.165, 1.54) is 30.6 Å². The highest BCUT2D eigenvalue weighted by molar-refractivity contribution is 7.92. The predicted molar refractivity (Wildman–Crippen MR) is 165 cm³/mol. The molecule has 9 heteroatoms. The molecule has 0 radical (unpaired) electrons. The Hall–Kier alpha value is -3.85. The molecule has 3 aromatic rings. The Bertz CT molecular complexity index is 1420. The molecule has 0 heterocycles. The zero-order valence-corrected chi connectivity index (χ0v) is 25.5. The number of nitrogens with zero attached hydrogens (tertiary/aromatic N) is 2. The molecular weight excluding hydrogens is 550 g/mol. The van der Waals surface area contributed by atoms with E-state index in [2.05, 4.69) is 5.32 Å². The molecule has 1 aliphatic rings. The summed E-state index contributed by atoms with van der Waals surface area (Å²) in [6, 6.07) is 22.1. The maximum absolute atomic E-state index is 14.1. The van der Waals surface area contributed by atoms with E-state index in [0.717, 1.165) is 41.1 Å². The molecule has 42 heavy (non-hydrogen) atoms. The second-order valence-electron chi connectivity index (χ2n) is 10.9. The quantitative estimate of drug-likeness (QED) is 0.316. The van der Waals surface area contributed by atoms with E-state index in [1.54, 1.807) is 31.2 Å². The second-order valence-corrected chi connectivity index (χ2v) is 12.7. The summed E-state index contributed by atoms with van der Waals surface area (Å²) in [6.45, 7) is 3.45. The molecule has 2 amide bonds. The van der Waals surface area contributed by atoms with Gasteiger partial charge >= 0.3 is 0 Å². The molecule has 1 aliphatic carbocycles. The molecule has 8 nitrogen and oxygen atoms in total. The van der Waals surface area contributed by atoms with Crippen molar-refractivity contribution in [2.24, 2.45) is 0 Å². The number of ether oxygens (including phenoxy) is 1. The number of hydrogen-bond acceptors (Lipinski definition) is 5. The highest BCUT2D eigenvalue weighted by atomic mass is 32.2. The first kappa shape index (κ1) is 31.1. The highest BCUT2D eigenvalue weighted by Crippen LogP contribution is 2.26. The maximum atomic E-state index is 14.1. The number of carbonyl (C=O) groups excluding carboxylic acids is 2. The van der Waals surface area contributed by atoms with Crippen LogP contribution in [-0.4, -0.2) is 57.4 Å². The van der Waals surface area contributed by atoms with Crippen LogP contribution in [-0.2, 0) is 26.0 Å². The first-order valence-corrected chi connectivity index (χ1v) is 16.0. The summed E-state index contributed by atoms with van der Waals surface area (Å²) in [7, 11) is -2.62. The number of rotatable bonds is 12. The van der Waals surface area contributed by atoms with Gasteiger partial charge in [-0.05, 0) is 75.1 Å². The fourth-order valence-corrected chi connectivity index (χ4v) is 6.67. The third kappa shape index (κ3) is 7.91. The SMILES string of the molecule is COc1ccc(S(=O)(=O)N(CC(=O)N(CCc2ccccc2)[C@H](C)C(=O)NC2CCCCC2)c2ccc(C)cc2)cc1. The first-order valence-electron chi connectivity index (χ1n) is 14.6. The average molecular weight is 592 g/mol. The van der Waals surface area contributed by atoms with E-state index in [0.29, 0.717) is 17.9 Å². The van der Waals surface area contributed by atoms with Crippen molar-refractivity contribution < 1.29 is 22.7 Å². The van der Waals surface area contributed by atoms with E-state index < -0.39 is 28.5 Å². The number of amides is 2. The van der Waals surface area contributed by atoms with Crippen LogP contribution in [0.4, 0.5) is 5.69 Å². The van der Waals surface area contributed by atoms with Crippen LogP contribution in [0, 0.1) is 6.92 Å². The minimum atomic E-state index is -4.13. The summed E-state index contributed by atoms with van der Waals surface area (Å²) in [4.78, 5) is 29.0. The Morgan fingerprint density at radius 1 is 0.929 bits per heavy atom. The molecule has 3 aromatic carbocycles. The molecule has 0 unspecified atom stereocenters. The van der Waals surface area contributed by atoms with Crippen LogP contribution in [0.15, 0.2) is 83.8 Å². The lowest BCUT2D eigenvalue weighted by Gasteiger charge is -2.33. The van der Waals surface area contributed by atoms with Gasteiger partial charge < -0.3 is 15.0 Å². The number of anilines is 1. The number of benzene rings is 3. The fraction of sp³-hybridized carbons (Fsp3) is 0.394. The van der Waals surface area contributed by atoms with Gasteiger partial charge in [-0.2, -0.15) is 0 Å². The largest absolute Gasteiger partial charge is 0.497 e. The molecule has 1 saturated carbocycles.